The van der Waals surface area contributed by atoms with Crippen LogP contribution in [0.3, 0.4) is 0 Å². The molecule has 1 unspecified atom stereocenters. The van der Waals surface area contributed by atoms with E-state index >= 15 is 13.2 Å². The minimum atomic E-state index is -3.26. The Morgan fingerprint density at radius 2 is 1.80 bits per heavy atom. The monoisotopic (exact) mass is 618 g/mol. The summed E-state index contributed by atoms with van der Waals surface area (Å²) in [6, 6.07) is 18.2. The molecule has 0 radical (unpaired) electrons. The summed E-state index contributed by atoms with van der Waals surface area (Å²) in [5.41, 5.74) is 3.35. The van der Waals surface area contributed by atoms with Crippen LogP contribution in [0, 0.1) is 5.82 Å². The third-order valence-electron chi connectivity index (χ3n) is 8.40. The number of amides is 3. The highest BCUT2D eigenvalue weighted by molar-refractivity contribution is 6.01. The number of imide groups is 1. The fourth-order valence-electron chi connectivity index (χ4n) is 6.12. The molecule has 6 rings (SSSR count). The van der Waals surface area contributed by atoms with Crippen LogP contribution in [0.1, 0.15) is 47.9 Å². The molecule has 8 nitrogen and oxygen atoms in total. The number of nitrogens with zero attached hydrogens (tertiary/aromatic N) is 2. The van der Waals surface area contributed by atoms with Gasteiger partial charge in [-0.3, -0.25) is 19.8 Å². The molecule has 0 aliphatic carbocycles. The lowest BCUT2D eigenvalue weighted by Gasteiger charge is -2.35. The quantitative estimate of drug-likeness (QED) is 0.331. The summed E-state index contributed by atoms with van der Waals surface area (Å²) in [6.45, 7) is 0.279. The summed E-state index contributed by atoms with van der Waals surface area (Å²) in [5, 5.41) is 5.26. The number of nitrogens with one attached hydrogen (secondary N) is 2. The van der Waals surface area contributed by atoms with Crippen molar-refractivity contribution >= 4 is 35.4 Å². The lowest BCUT2D eigenvalue weighted by Crippen LogP contribution is -2.47. The van der Waals surface area contributed by atoms with Crippen LogP contribution in [0.4, 0.5) is 29.3 Å². The molecule has 3 aromatic rings. The van der Waals surface area contributed by atoms with E-state index in [2.05, 4.69) is 10.6 Å². The van der Waals surface area contributed by atoms with Crippen molar-refractivity contribution < 1.29 is 32.3 Å². The second kappa shape index (κ2) is 12.7. The Bertz CT molecular complexity index is 1640. The lowest BCUT2D eigenvalue weighted by molar-refractivity contribution is -0.133. The maximum absolute atomic E-state index is 15.6. The van der Waals surface area contributed by atoms with E-state index in [1.807, 2.05) is 23.1 Å². The number of alkyl halides is 2. The summed E-state index contributed by atoms with van der Waals surface area (Å²) >= 11 is 0. The molecule has 45 heavy (non-hydrogen) atoms. The highest BCUT2D eigenvalue weighted by Gasteiger charge is 2.43. The van der Waals surface area contributed by atoms with E-state index in [1.54, 1.807) is 48.5 Å². The van der Waals surface area contributed by atoms with Crippen LogP contribution >= 0.6 is 0 Å². The van der Waals surface area contributed by atoms with Crippen LogP contribution in [0.25, 0.3) is 6.08 Å². The Balaban J connectivity index is 1.09. The molecule has 0 spiro atoms. The Labute approximate surface area is 258 Å². The summed E-state index contributed by atoms with van der Waals surface area (Å²) < 4.78 is 51.6. The lowest BCUT2D eigenvalue weighted by atomic mass is 9.89. The third-order valence-corrected chi connectivity index (χ3v) is 8.40. The smallest absolute Gasteiger partial charge is 0.410 e. The molecule has 3 heterocycles. The normalized spacial score (nSPS) is 19.4. The fourth-order valence-corrected chi connectivity index (χ4v) is 6.12. The molecule has 11 heteroatoms. The van der Waals surface area contributed by atoms with Crippen LogP contribution in [0.15, 0.2) is 72.3 Å². The van der Waals surface area contributed by atoms with Crippen LogP contribution in [0.2, 0.25) is 0 Å². The van der Waals surface area contributed by atoms with Gasteiger partial charge in [0, 0.05) is 37.3 Å². The SMILES string of the molecule is O=C1CCC(Nc2ccc(N3CCC(=Cc4cccc5c4C(F)(F)CN(C(=O)OCc4ccccc4)C5)CC3)c(F)c2)C(=O)N1. The summed E-state index contributed by atoms with van der Waals surface area (Å²) in [6.07, 6.45) is 2.72. The largest absolute Gasteiger partial charge is 0.445 e. The molecular weight excluding hydrogens is 585 g/mol. The van der Waals surface area contributed by atoms with Gasteiger partial charge in [-0.25, -0.2) is 9.18 Å². The van der Waals surface area contributed by atoms with Gasteiger partial charge < -0.3 is 15.0 Å². The molecule has 3 amide bonds. The highest BCUT2D eigenvalue weighted by Crippen LogP contribution is 2.40. The van der Waals surface area contributed by atoms with E-state index in [0.717, 1.165) is 16.0 Å². The van der Waals surface area contributed by atoms with Gasteiger partial charge >= 0.3 is 6.09 Å². The minimum Gasteiger partial charge on any atom is -0.445 e. The predicted molar refractivity (Wildman–Crippen MR) is 163 cm³/mol. The first kappa shape index (κ1) is 30.2. The first-order valence-electron chi connectivity index (χ1n) is 15.0. The summed E-state index contributed by atoms with van der Waals surface area (Å²) in [5.74, 6) is -4.45. The number of benzene rings is 3. The van der Waals surface area contributed by atoms with Gasteiger partial charge in [-0.2, -0.15) is 8.78 Å². The van der Waals surface area contributed by atoms with Crippen molar-refractivity contribution in [3.63, 3.8) is 0 Å². The molecule has 3 aliphatic heterocycles. The number of carbonyl (C=O) groups is 3. The maximum atomic E-state index is 15.6. The van der Waals surface area contributed by atoms with E-state index in [1.165, 1.54) is 6.07 Å². The Morgan fingerprint density at radius 3 is 2.53 bits per heavy atom. The first-order chi connectivity index (χ1) is 21.7. The molecule has 3 aliphatic rings. The number of rotatable bonds is 6. The van der Waals surface area contributed by atoms with Crippen molar-refractivity contribution in [3.8, 4) is 0 Å². The van der Waals surface area contributed by atoms with Crippen molar-refractivity contribution in [3.05, 3.63) is 100 Å². The number of fused-ring (bicyclic) bond motifs is 1. The van der Waals surface area contributed by atoms with E-state index in [4.69, 9.17) is 4.74 Å². The summed E-state index contributed by atoms with van der Waals surface area (Å²) in [4.78, 5) is 39.0. The van der Waals surface area contributed by atoms with Gasteiger partial charge in [0.15, 0.2) is 0 Å². The molecule has 2 fully saturated rings. The zero-order chi connectivity index (χ0) is 31.6. The molecule has 1 atom stereocenters. The van der Waals surface area contributed by atoms with Gasteiger partial charge in [0.25, 0.3) is 5.92 Å². The predicted octanol–water partition coefficient (Wildman–Crippen LogP) is 5.97. The molecule has 2 saturated heterocycles. The molecule has 234 valence electrons. The van der Waals surface area contributed by atoms with E-state index < -0.39 is 36.3 Å². The number of piperidine rings is 2. The minimum absolute atomic E-state index is 0.00501. The molecule has 2 N–H and O–H groups in total. The average molecular weight is 619 g/mol. The van der Waals surface area contributed by atoms with Crippen molar-refractivity contribution in [1.82, 2.24) is 10.2 Å². The van der Waals surface area contributed by atoms with Gasteiger partial charge in [-0.15, -0.1) is 0 Å². The fraction of sp³-hybridized carbons (Fsp3) is 0.324. The zero-order valence-electron chi connectivity index (χ0n) is 24.5. The highest BCUT2D eigenvalue weighted by atomic mass is 19.3. The van der Waals surface area contributed by atoms with Crippen molar-refractivity contribution in [2.75, 3.05) is 29.9 Å². The number of hydrogen-bond acceptors (Lipinski definition) is 6. The van der Waals surface area contributed by atoms with Crippen LogP contribution in [-0.4, -0.2) is 48.5 Å². The second-order valence-corrected chi connectivity index (χ2v) is 11.6. The van der Waals surface area contributed by atoms with Gasteiger partial charge in [0.2, 0.25) is 11.8 Å². The Kier molecular flexibility index (Phi) is 8.51. The average Bonchev–Trinajstić information content (AvgIpc) is 3.02. The molecule has 0 aromatic heterocycles. The number of ether oxygens (including phenoxy) is 1. The Morgan fingerprint density at radius 1 is 1.02 bits per heavy atom. The second-order valence-electron chi connectivity index (χ2n) is 11.6. The van der Waals surface area contributed by atoms with Gasteiger partial charge in [-0.1, -0.05) is 60.2 Å². The molecular formula is C34H33F3N4O4. The zero-order valence-corrected chi connectivity index (χ0v) is 24.5. The number of halogens is 3. The topological polar surface area (TPSA) is 91.0 Å². The molecule has 0 saturated carbocycles. The van der Waals surface area contributed by atoms with E-state index in [-0.39, 0.29) is 31.0 Å². The van der Waals surface area contributed by atoms with Crippen molar-refractivity contribution in [1.29, 1.82) is 0 Å². The van der Waals surface area contributed by atoms with Crippen LogP contribution < -0.4 is 15.5 Å². The van der Waals surface area contributed by atoms with E-state index in [0.29, 0.717) is 54.9 Å². The van der Waals surface area contributed by atoms with Gasteiger partial charge in [-0.05, 0) is 54.2 Å². The molecule has 0 bridgehead atoms. The number of anilines is 2. The third kappa shape index (κ3) is 6.82. The molecule has 3 aromatic carbocycles. The van der Waals surface area contributed by atoms with Crippen molar-refractivity contribution in [2.45, 2.75) is 50.8 Å². The van der Waals surface area contributed by atoms with Gasteiger partial charge in [0.05, 0.1) is 12.2 Å². The van der Waals surface area contributed by atoms with Crippen LogP contribution in [-0.2, 0) is 33.4 Å². The summed E-state index contributed by atoms with van der Waals surface area (Å²) in [7, 11) is 0. The first-order valence-corrected chi connectivity index (χ1v) is 15.0. The number of carbonyl (C=O) groups excluding carboxylic acids is 3. The standard InChI is InChI=1S/C34H33F3N4O4/c35-27-18-26(38-28-10-12-30(42)39-32(28)43)9-11-29(27)40-15-13-22(14-16-40)17-24-7-4-8-25-19-41(21-34(36,37)31(24)25)33(44)45-20-23-5-2-1-3-6-23/h1-9,11,17-18,28,38H,10,12-16,19-21H2,(H,39,42,43). The van der Waals surface area contributed by atoms with Gasteiger partial charge in [0.1, 0.15) is 18.5 Å². The number of hydrogen-bond donors (Lipinski definition) is 2. The van der Waals surface area contributed by atoms with Crippen LogP contribution in [0.5, 0.6) is 0 Å². The maximum Gasteiger partial charge on any atom is 0.410 e. The van der Waals surface area contributed by atoms with E-state index in [9.17, 15) is 14.4 Å². The van der Waals surface area contributed by atoms with Crippen molar-refractivity contribution in [2.24, 2.45) is 0 Å². The Hall–Kier alpha value is -4.80.